The number of ether oxygens (including phenoxy) is 1. The van der Waals surface area contributed by atoms with Crippen molar-refractivity contribution in [3.63, 3.8) is 0 Å². The Kier molecular flexibility index (Phi) is 4.73. The number of carbonyl (C=O) groups excluding carboxylic acids is 1. The molecule has 2 nitrogen and oxygen atoms in total. The second kappa shape index (κ2) is 6.40. The summed E-state index contributed by atoms with van der Waals surface area (Å²) in [5.41, 5.74) is 0.625. The molecule has 0 aliphatic rings. The highest BCUT2D eigenvalue weighted by atomic mass is 19.4. The Labute approximate surface area is 130 Å². The second-order valence-electron chi connectivity index (χ2n) is 5.11. The fourth-order valence-corrected chi connectivity index (χ4v) is 2.29. The summed E-state index contributed by atoms with van der Waals surface area (Å²) < 4.78 is 56.4. The van der Waals surface area contributed by atoms with Gasteiger partial charge in [-0.2, -0.15) is 13.2 Å². The number of benzene rings is 2. The quantitative estimate of drug-likeness (QED) is 0.612. The number of alkyl halides is 3. The standard InChI is InChI=1S/C17H14F4O2/c1-10-7-14(18)5-3-11(10)8-12-9-13(17(19,20)21)4-6-15(12)16(22)23-2/h3-7,9H,8H2,1-2H3. The number of carbonyl (C=O) groups is 1. The third-order valence-corrected chi connectivity index (χ3v) is 3.52. The molecule has 0 aliphatic carbocycles. The minimum absolute atomic E-state index is 0.0595. The van der Waals surface area contributed by atoms with E-state index in [9.17, 15) is 22.4 Å². The number of esters is 1. The molecule has 2 rings (SSSR count). The summed E-state index contributed by atoms with van der Waals surface area (Å²) >= 11 is 0. The predicted octanol–water partition coefficient (Wildman–Crippen LogP) is 4.53. The summed E-state index contributed by atoms with van der Waals surface area (Å²) in [7, 11) is 1.16. The number of halogens is 4. The maximum Gasteiger partial charge on any atom is 0.416 e. The van der Waals surface area contributed by atoms with Crippen molar-refractivity contribution in [2.75, 3.05) is 7.11 Å². The zero-order valence-electron chi connectivity index (χ0n) is 12.5. The van der Waals surface area contributed by atoms with Gasteiger partial charge in [0.2, 0.25) is 0 Å². The third-order valence-electron chi connectivity index (χ3n) is 3.52. The van der Waals surface area contributed by atoms with Gasteiger partial charge in [-0.3, -0.25) is 0 Å². The topological polar surface area (TPSA) is 26.3 Å². The highest BCUT2D eigenvalue weighted by Gasteiger charge is 2.31. The molecule has 122 valence electrons. The highest BCUT2D eigenvalue weighted by molar-refractivity contribution is 5.91. The average molecular weight is 326 g/mol. The first-order valence-corrected chi connectivity index (χ1v) is 6.76. The van der Waals surface area contributed by atoms with Gasteiger partial charge in [0, 0.05) is 0 Å². The van der Waals surface area contributed by atoms with E-state index >= 15 is 0 Å². The summed E-state index contributed by atoms with van der Waals surface area (Å²) in [5, 5.41) is 0. The molecule has 0 radical (unpaired) electrons. The van der Waals surface area contributed by atoms with E-state index in [1.54, 1.807) is 6.92 Å². The lowest BCUT2D eigenvalue weighted by Crippen LogP contribution is -2.11. The van der Waals surface area contributed by atoms with Crippen LogP contribution in [0.1, 0.15) is 32.6 Å². The molecular weight excluding hydrogens is 312 g/mol. The molecule has 0 aromatic heterocycles. The Morgan fingerprint density at radius 1 is 1.09 bits per heavy atom. The van der Waals surface area contributed by atoms with Crippen molar-refractivity contribution in [2.24, 2.45) is 0 Å². The predicted molar refractivity (Wildman–Crippen MR) is 76.7 cm³/mol. The second-order valence-corrected chi connectivity index (χ2v) is 5.11. The third kappa shape index (κ3) is 3.88. The van der Waals surface area contributed by atoms with Crippen molar-refractivity contribution in [2.45, 2.75) is 19.5 Å². The van der Waals surface area contributed by atoms with Gasteiger partial charge in [0.1, 0.15) is 5.82 Å². The van der Waals surface area contributed by atoms with Gasteiger partial charge in [-0.25, -0.2) is 9.18 Å². The van der Waals surface area contributed by atoms with Crippen LogP contribution in [0.25, 0.3) is 0 Å². The molecule has 0 N–H and O–H groups in total. The number of hydrogen-bond donors (Lipinski definition) is 0. The van der Waals surface area contributed by atoms with Crippen LogP contribution >= 0.6 is 0 Å². The molecule has 0 amide bonds. The lowest BCUT2D eigenvalue weighted by molar-refractivity contribution is -0.137. The lowest BCUT2D eigenvalue weighted by Gasteiger charge is -2.14. The number of hydrogen-bond acceptors (Lipinski definition) is 2. The van der Waals surface area contributed by atoms with Crippen molar-refractivity contribution in [3.05, 3.63) is 70.0 Å². The maximum absolute atomic E-state index is 13.1. The monoisotopic (exact) mass is 326 g/mol. The fourth-order valence-electron chi connectivity index (χ4n) is 2.29. The first-order chi connectivity index (χ1) is 10.7. The van der Waals surface area contributed by atoms with Gasteiger partial charge in [0.05, 0.1) is 18.2 Å². The Morgan fingerprint density at radius 2 is 1.78 bits per heavy atom. The molecule has 0 atom stereocenters. The van der Waals surface area contributed by atoms with E-state index in [0.717, 1.165) is 25.3 Å². The fraction of sp³-hybridized carbons (Fsp3) is 0.235. The van der Waals surface area contributed by atoms with Gasteiger partial charge in [0.15, 0.2) is 0 Å². The van der Waals surface area contributed by atoms with Crippen LogP contribution in [0, 0.1) is 12.7 Å². The molecular formula is C17H14F4O2. The van der Waals surface area contributed by atoms with Crippen LogP contribution in [0.5, 0.6) is 0 Å². The SMILES string of the molecule is COC(=O)c1ccc(C(F)(F)F)cc1Cc1ccc(F)cc1C. The van der Waals surface area contributed by atoms with E-state index in [1.807, 2.05) is 0 Å². The molecule has 0 heterocycles. The van der Waals surface area contributed by atoms with Gasteiger partial charge in [-0.1, -0.05) is 6.07 Å². The number of methoxy groups -OCH3 is 1. The Hall–Kier alpha value is -2.37. The molecule has 0 bridgehead atoms. The summed E-state index contributed by atoms with van der Waals surface area (Å²) in [5.74, 6) is -1.14. The molecule has 2 aromatic carbocycles. The largest absolute Gasteiger partial charge is 0.465 e. The summed E-state index contributed by atoms with van der Waals surface area (Å²) in [6.07, 6.45) is -4.44. The van der Waals surface area contributed by atoms with Crippen LogP contribution < -0.4 is 0 Å². The van der Waals surface area contributed by atoms with Crippen molar-refractivity contribution in [1.82, 2.24) is 0 Å². The van der Waals surface area contributed by atoms with Gasteiger partial charge in [-0.05, 0) is 60.4 Å². The van der Waals surface area contributed by atoms with Crippen molar-refractivity contribution >= 4 is 5.97 Å². The van der Waals surface area contributed by atoms with Crippen LogP contribution in [0.2, 0.25) is 0 Å². The molecule has 0 spiro atoms. The van der Waals surface area contributed by atoms with Gasteiger partial charge in [-0.15, -0.1) is 0 Å². The number of rotatable bonds is 3. The number of aryl methyl sites for hydroxylation is 1. The van der Waals surface area contributed by atoms with Crippen LogP contribution in [0.3, 0.4) is 0 Å². The minimum Gasteiger partial charge on any atom is -0.465 e. The Bertz CT molecular complexity index is 736. The Morgan fingerprint density at radius 3 is 2.35 bits per heavy atom. The molecule has 0 saturated heterocycles. The van der Waals surface area contributed by atoms with Crippen molar-refractivity contribution in [1.29, 1.82) is 0 Å². The first kappa shape index (κ1) is 17.0. The molecule has 0 unspecified atom stereocenters. The van der Waals surface area contributed by atoms with Gasteiger partial charge >= 0.3 is 12.1 Å². The summed E-state index contributed by atoms with van der Waals surface area (Å²) in [4.78, 5) is 11.8. The molecule has 2 aromatic rings. The molecule has 6 heteroatoms. The highest BCUT2D eigenvalue weighted by Crippen LogP contribution is 2.31. The zero-order valence-corrected chi connectivity index (χ0v) is 12.5. The van der Waals surface area contributed by atoms with E-state index in [4.69, 9.17) is 0 Å². The van der Waals surface area contributed by atoms with Crippen molar-refractivity contribution < 1.29 is 27.1 Å². The normalized spacial score (nSPS) is 11.4. The average Bonchev–Trinajstić information content (AvgIpc) is 2.48. The van der Waals surface area contributed by atoms with Gasteiger partial charge < -0.3 is 4.74 Å². The van der Waals surface area contributed by atoms with E-state index in [1.165, 1.54) is 18.2 Å². The van der Waals surface area contributed by atoms with Crippen LogP contribution in [-0.4, -0.2) is 13.1 Å². The molecule has 0 fully saturated rings. The minimum atomic E-state index is -4.51. The molecule has 23 heavy (non-hydrogen) atoms. The zero-order chi connectivity index (χ0) is 17.2. The van der Waals surface area contributed by atoms with Crippen LogP contribution in [0.15, 0.2) is 36.4 Å². The summed E-state index contributed by atoms with van der Waals surface area (Å²) in [6.45, 7) is 1.66. The Balaban J connectivity index is 2.50. The molecule has 0 saturated carbocycles. The van der Waals surface area contributed by atoms with E-state index in [-0.39, 0.29) is 17.5 Å². The van der Waals surface area contributed by atoms with E-state index in [0.29, 0.717) is 11.1 Å². The lowest BCUT2D eigenvalue weighted by atomic mass is 9.95. The van der Waals surface area contributed by atoms with E-state index < -0.39 is 23.5 Å². The maximum atomic E-state index is 13.1. The molecule has 0 aliphatic heterocycles. The smallest absolute Gasteiger partial charge is 0.416 e. The van der Waals surface area contributed by atoms with E-state index in [2.05, 4.69) is 4.74 Å². The summed E-state index contributed by atoms with van der Waals surface area (Å²) in [6, 6.07) is 6.88. The van der Waals surface area contributed by atoms with Crippen LogP contribution in [0.4, 0.5) is 17.6 Å². The first-order valence-electron chi connectivity index (χ1n) is 6.76. The van der Waals surface area contributed by atoms with Gasteiger partial charge in [0.25, 0.3) is 0 Å². The van der Waals surface area contributed by atoms with Crippen molar-refractivity contribution in [3.8, 4) is 0 Å². The van der Waals surface area contributed by atoms with Crippen LogP contribution in [-0.2, 0) is 17.3 Å².